The summed E-state index contributed by atoms with van der Waals surface area (Å²) in [6.07, 6.45) is 2.25. The Morgan fingerprint density at radius 3 is 3.00 bits per heavy atom. The van der Waals surface area contributed by atoms with E-state index in [0.29, 0.717) is 23.0 Å². The van der Waals surface area contributed by atoms with Gasteiger partial charge in [-0.2, -0.15) is 0 Å². The van der Waals surface area contributed by atoms with E-state index in [-0.39, 0.29) is 18.2 Å². The Morgan fingerprint density at radius 1 is 1.57 bits per heavy atom. The van der Waals surface area contributed by atoms with Crippen LogP contribution in [-0.2, 0) is 11.3 Å². The number of likely N-dealkylation sites (tertiary alicyclic amines) is 1. The van der Waals surface area contributed by atoms with Crippen LogP contribution in [0.25, 0.3) is 0 Å². The third kappa shape index (κ3) is 4.42. The maximum atomic E-state index is 13.8. The van der Waals surface area contributed by atoms with Gasteiger partial charge in [-0.3, -0.25) is 9.69 Å². The van der Waals surface area contributed by atoms with Gasteiger partial charge in [-0.1, -0.05) is 24.6 Å². The number of benzene rings is 1. The van der Waals surface area contributed by atoms with Gasteiger partial charge in [0.2, 0.25) is 0 Å². The number of carboxylic acid groups (broad SMARTS) is 1. The van der Waals surface area contributed by atoms with Crippen LogP contribution in [0.2, 0.25) is 5.02 Å². The Hall–Kier alpha value is -1.13. The number of aliphatic carboxylic acids is 1. The Bertz CT molecular complexity index is 489. The number of rotatable bonds is 5. The summed E-state index contributed by atoms with van der Waals surface area (Å²) >= 11 is 6.07. The van der Waals surface area contributed by atoms with E-state index in [9.17, 15) is 9.18 Å². The summed E-state index contributed by atoms with van der Waals surface area (Å²) in [4.78, 5) is 13.0. The van der Waals surface area contributed by atoms with Gasteiger partial charge in [-0.15, -0.1) is 0 Å². The highest BCUT2D eigenvalue weighted by Gasteiger charge is 2.26. The first-order valence-corrected chi connectivity index (χ1v) is 7.72. The van der Waals surface area contributed by atoms with E-state index in [1.165, 1.54) is 6.07 Å². The Morgan fingerprint density at radius 2 is 2.33 bits per heavy atom. The summed E-state index contributed by atoms with van der Waals surface area (Å²) in [6.45, 7) is 4.18. The lowest BCUT2D eigenvalue weighted by atomic mass is 9.84. The molecule has 116 valence electrons. The molecule has 1 aliphatic heterocycles. The summed E-state index contributed by atoms with van der Waals surface area (Å²) in [5.41, 5.74) is 0.533. The highest BCUT2D eigenvalue weighted by Crippen LogP contribution is 2.28. The maximum absolute atomic E-state index is 13.8. The van der Waals surface area contributed by atoms with Gasteiger partial charge in [0.1, 0.15) is 5.82 Å². The van der Waals surface area contributed by atoms with Crippen molar-refractivity contribution in [3.05, 3.63) is 34.6 Å². The van der Waals surface area contributed by atoms with Gasteiger partial charge < -0.3 is 5.11 Å². The first kappa shape index (κ1) is 16.2. The molecular weight excluding hydrogens is 293 g/mol. The summed E-state index contributed by atoms with van der Waals surface area (Å²) < 4.78 is 13.8. The van der Waals surface area contributed by atoms with Gasteiger partial charge in [0.25, 0.3) is 0 Å². The number of hydrogen-bond acceptors (Lipinski definition) is 2. The summed E-state index contributed by atoms with van der Waals surface area (Å²) in [7, 11) is 0. The van der Waals surface area contributed by atoms with Crippen LogP contribution in [0, 0.1) is 17.7 Å². The lowest BCUT2D eigenvalue weighted by Gasteiger charge is -2.35. The molecule has 2 unspecified atom stereocenters. The molecule has 1 fully saturated rings. The minimum absolute atomic E-state index is 0.140. The van der Waals surface area contributed by atoms with Gasteiger partial charge in [0, 0.05) is 30.1 Å². The van der Waals surface area contributed by atoms with Crippen LogP contribution in [0.4, 0.5) is 4.39 Å². The zero-order chi connectivity index (χ0) is 15.4. The highest BCUT2D eigenvalue weighted by atomic mass is 35.5. The van der Waals surface area contributed by atoms with Crippen LogP contribution >= 0.6 is 11.6 Å². The smallest absolute Gasteiger partial charge is 0.303 e. The van der Waals surface area contributed by atoms with Crippen molar-refractivity contribution < 1.29 is 14.3 Å². The molecule has 0 bridgehead atoms. The molecule has 5 heteroatoms. The molecule has 1 heterocycles. The van der Waals surface area contributed by atoms with Crippen molar-refractivity contribution in [2.45, 2.75) is 32.7 Å². The van der Waals surface area contributed by atoms with E-state index >= 15 is 0 Å². The summed E-state index contributed by atoms with van der Waals surface area (Å²) in [5, 5.41) is 9.36. The van der Waals surface area contributed by atoms with Crippen molar-refractivity contribution in [2.24, 2.45) is 11.8 Å². The van der Waals surface area contributed by atoms with E-state index in [1.54, 1.807) is 12.1 Å². The van der Waals surface area contributed by atoms with Crippen LogP contribution in [0.15, 0.2) is 18.2 Å². The van der Waals surface area contributed by atoms with E-state index in [2.05, 4.69) is 4.90 Å². The standard InChI is InChI=1S/C16H21ClFNO2/c1-11(8-16(20)21)12-4-3-7-19(9-12)10-13-14(17)5-2-6-15(13)18/h2,5-6,11-12H,3-4,7-10H2,1H3,(H,20,21). The molecule has 2 atom stereocenters. The molecule has 1 aliphatic rings. The highest BCUT2D eigenvalue weighted by molar-refractivity contribution is 6.31. The number of carboxylic acids is 1. The first-order chi connectivity index (χ1) is 9.97. The molecule has 0 aliphatic carbocycles. The number of piperidine rings is 1. The zero-order valence-electron chi connectivity index (χ0n) is 12.2. The van der Waals surface area contributed by atoms with Crippen LogP contribution in [0.3, 0.4) is 0 Å². The number of carbonyl (C=O) groups is 1. The molecule has 1 N–H and O–H groups in total. The lowest BCUT2D eigenvalue weighted by Crippen LogP contribution is -2.38. The fourth-order valence-electron chi connectivity index (χ4n) is 3.05. The van der Waals surface area contributed by atoms with Crippen molar-refractivity contribution in [3.63, 3.8) is 0 Å². The third-order valence-electron chi connectivity index (χ3n) is 4.29. The van der Waals surface area contributed by atoms with Crippen molar-refractivity contribution in [1.29, 1.82) is 0 Å². The minimum atomic E-state index is -0.753. The molecule has 0 aromatic heterocycles. The maximum Gasteiger partial charge on any atom is 0.303 e. The molecule has 0 spiro atoms. The summed E-state index contributed by atoms with van der Waals surface area (Å²) in [6, 6.07) is 4.74. The molecule has 1 aromatic rings. The van der Waals surface area contributed by atoms with Crippen molar-refractivity contribution in [3.8, 4) is 0 Å². The normalized spacial score (nSPS) is 21.2. The first-order valence-electron chi connectivity index (χ1n) is 7.34. The van der Waals surface area contributed by atoms with Gasteiger partial charge in [0.05, 0.1) is 0 Å². The van der Waals surface area contributed by atoms with Gasteiger partial charge in [-0.05, 0) is 43.4 Å². The fourth-order valence-corrected chi connectivity index (χ4v) is 3.27. The van der Waals surface area contributed by atoms with E-state index in [4.69, 9.17) is 16.7 Å². The lowest BCUT2D eigenvalue weighted by molar-refractivity contribution is -0.138. The predicted molar refractivity (Wildman–Crippen MR) is 80.8 cm³/mol. The second kappa shape index (κ2) is 7.23. The second-order valence-corrected chi connectivity index (χ2v) is 6.32. The molecule has 0 amide bonds. The van der Waals surface area contributed by atoms with Crippen molar-refractivity contribution >= 4 is 17.6 Å². The fraction of sp³-hybridized carbons (Fsp3) is 0.562. The van der Waals surface area contributed by atoms with E-state index in [1.807, 2.05) is 6.92 Å². The Balaban J connectivity index is 2.00. The van der Waals surface area contributed by atoms with Gasteiger partial charge >= 0.3 is 5.97 Å². The van der Waals surface area contributed by atoms with Crippen molar-refractivity contribution in [2.75, 3.05) is 13.1 Å². The SMILES string of the molecule is CC(CC(=O)O)C1CCCN(Cc2c(F)cccc2Cl)C1. The molecule has 2 rings (SSSR count). The quantitative estimate of drug-likeness (QED) is 0.899. The minimum Gasteiger partial charge on any atom is -0.481 e. The monoisotopic (exact) mass is 313 g/mol. The predicted octanol–water partition coefficient (Wildman–Crippen LogP) is 3.80. The number of hydrogen-bond donors (Lipinski definition) is 1. The molecule has 0 saturated carbocycles. The number of halogens is 2. The third-order valence-corrected chi connectivity index (χ3v) is 4.64. The summed E-state index contributed by atoms with van der Waals surface area (Å²) in [5.74, 6) is -0.540. The Kier molecular flexibility index (Phi) is 5.59. The van der Waals surface area contributed by atoms with E-state index < -0.39 is 5.97 Å². The molecule has 0 radical (unpaired) electrons. The largest absolute Gasteiger partial charge is 0.481 e. The van der Waals surface area contributed by atoms with Crippen LogP contribution in [0.1, 0.15) is 31.7 Å². The molecule has 21 heavy (non-hydrogen) atoms. The second-order valence-electron chi connectivity index (χ2n) is 5.91. The Labute approximate surface area is 129 Å². The van der Waals surface area contributed by atoms with Crippen LogP contribution in [0.5, 0.6) is 0 Å². The molecule has 3 nitrogen and oxygen atoms in total. The van der Waals surface area contributed by atoms with Crippen LogP contribution in [-0.4, -0.2) is 29.1 Å². The van der Waals surface area contributed by atoms with Gasteiger partial charge in [0.15, 0.2) is 0 Å². The van der Waals surface area contributed by atoms with Crippen molar-refractivity contribution in [1.82, 2.24) is 4.90 Å². The topological polar surface area (TPSA) is 40.5 Å². The average molecular weight is 314 g/mol. The average Bonchev–Trinajstić information content (AvgIpc) is 2.43. The van der Waals surface area contributed by atoms with Gasteiger partial charge in [-0.25, -0.2) is 4.39 Å². The molecular formula is C16H21ClFNO2. The number of nitrogens with zero attached hydrogens (tertiary/aromatic N) is 1. The van der Waals surface area contributed by atoms with E-state index in [0.717, 1.165) is 25.9 Å². The molecule has 1 saturated heterocycles. The molecule has 1 aromatic carbocycles. The zero-order valence-corrected chi connectivity index (χ0v) is 12.9. The van der Waals surface area contributed by atoms with Crippen LogP contribution < -0.4 is 0 Å².